The van der Waals surface area contributed by atoms with Gasteiger partial charge in [0.2, 0.25) is 0 Å². The highest BCUT2D eigenvalue weighted by molar-refractivity contribution is 6.44. The molecule has 5 aromatic rings. The number of rotatable bonds is 13. The van der Waals surface area contributed by atoms with Crippen molar-refractivity contribution in [3.63, 3.8) is 0 Å². The molecule has 15 heteroatoms. The van der Waals surface area contributed by atoms with Gasteiger partial charge in [-0.2, -0.15) is 43.9 Å². The first kappa shape index (κ1) is 48.3. The van der Waals surface area contributed by atoms with E-state index < -0.39 is 44.7 Å². The average molecular weight is 899 g/mol. The molecule has 0 fully saturated rings. The summed E-state index contributed by atoms with van der Waals surface area (Å²) in [6, 6.07) is 30.5. The topological polar surface area (TPSA) is 35.8 Å². The number of aryl methyl sites for hydroxylation is 1. The van der Waals surface area contributed by atoms with Gasteiger partial charge in [-0.25, -0.2) is 4.99 Å². The lowest BCUT2D eigenvalue weighted by molar-refractivity contribution is -0.295. The van der Waals surface area contributed by atoms with Gasteiger partial charge in [-0.3, -0.25) is 0 Å². The average Bonchev–Trinajstić information content (AvgIpc) is 3.79. The number of hydrogen-bond acceptors (Lipinski definition) is 3. The predicted octanol–water partition coefficient (Wildman–Crippen LogP) is 14.5. The van der Waals surface area contributed by atoms with Gasteiger partial charge in [-0.1, -0.05) is 158 Å². The Morgan fingerprint density at radius 2 is 1.03 bits per heavy atom. The van der Waals surface area contributed by atoms with E-state index in [0.717, 1.165) is 26.7 Å². The van der Waals surface area contributed by atoms with Crippen molar-refractivity contribution in [3.8, 4) is 22.4 Å². The van der Waals surface area contributed by atoms with Crippen molar-refractivity contribution in [3.05, 3.63) is 142 Å². The fourth-order valence-corrected chi connectivity index (χ4v) is 7.39. The molecule has 0 unspecified atom stereocenters. The van der Waals surface area contributed by atoms with Gasteiger partial charge < -0.3 is 13.8 Å². The fraction of sp³-hybridized carbons (Fsp3) is 0.367. The van der Waals surface area contributed by atoms with Gasteiger partial charge in [0.1, 0.15) is 13.2 Å². The van der Waals surface area contributed by atoms with Crippen molar-refractivity contribution in [2.75, 3.05) is 13.2 Å². The molecule has 0 atom stereocenters. The zero-order valence-corrected chi connectivity index (χ0v) is 36.7. The van der Waals surface area contributed by atoms with Crippen LogP contribution in [0.2, 0.25) is 0 Å². The molecule has 0 radical (unpaired) electrons. The van der Waals surface area contributed by atoms with Gasteiger partial charge in [-0.15, -0.1) is 0 Å². The molecule has 1 aliphatic rings. The van der Waals surface area contributed by atoms with Crippen molar-refractivity contribution >= 4 is 24.2 Å². The Morgan fingerprint density at radius 3 is 1.48 bits per heavy atom. The van der Waals surface area contributed by atoms with Crippen LogP contribution in [0.25, 0.3) is 33.7 Å². The lowest BCUT2D eigenvalue weighted by Gasteiger charge is -2.27. The molecular formula is C49H49BF10N2O2. The Bertz CT molecular complexity index is 2480. The number of aromatic nitrogens is 1. The normalized spacial score (nSPS) is 14.8. The largest absolute Gasteiger partial charge is 0.598 e. The Balaban J connectivity index is 1.77. The van der Waals surface area contributed by atoms with Crippen LogP contribution >= 0.6 is 0 Å². The molecular weight excluding hydrogens is 849 g/mol. The number of alkyl halides is 10. The number of halogens is 10. The molecule has 1 aliphatic heterocycles. The fourth-order valence-electron chi connectivity index (χ4n) is 7.39. The summed E-state index contributed by atoms with van der Waals surface area (Å²) in [7, 11) is -2.71. The molecule has 0 bridgehead atoms. The first-order valence-corrected chi connectivity index (χ1v) is 20.7. The van der Waals surface area contributed by atoms with Crippen molar-refractivity contribution < 1.29 is 53.2 Å². The first-order chi connectivity index (χ1) is 29.6. The van der Waals surface area contributed by atoms with Crippen LogP contribution in [0.5, 0.6) is 0 Å². The molecule has 1 aromatic heterocycles. The lowest BCUT2D eigenvalue weighted by Crippen LogP contribution is -2.48. The summed E-state index contributed by atoms with van der Waals surface area (Å²) < 4.78 is 153. The highest BCUT2D eigenvalue weighted by atomic mass is 19.4. The number of nitrogens with zero attached hydrogens (tertiary/aromatic N) is 2. The molecule has 0 N–H and O–H groups in total. The number of benzene rings is 4. The Labute approximate surface area is 367 Å². The highest BCUT2D eigenvalue weighted by Gasteiger charge is 2.60. The third-order valence-electron chi connectivity index (χ3n) is 11.1. The van der Waals surface area contributed by atoms with E-state index in [4.69, 9.17) is 14.3 Å². The molecule has 6 rings (SSSR count). The van der Waals surface area contributed by atoms with E-state index in [9.17, 15) is 43.9 Å². The summed E-state index contributed by atoms with van der Waals surface area (Å²) in [5.74, 6) is -11.1. The minimum Gasteiger partial charge on any atom is -0.385 e. The highest BCUT2D eigenvalue weighted by Crippen LogP contribution is 2.46. The number of hydrogen-bond donors (Lipinski definition) is 0. The summed E-state index contributed by atoms with van der Waals surface area (Å²) in [6.07, 6.45) is -11.8. The minimum atomic E-state index is -6.18. The number of aliphatic imine (C=N–C) groups is 1. The van der Waals surface area contributed by atoms with Crippen LogP contribution < -0.4 is 0 Å². The molecule has 0 aliphatic carbocycles. The minimum absolute atomic E-state index is 0.00392. The molecule has 4 nitrogen and oxygen atoms in total. The monoisotopic (exact) mass is 898 g/mol. The summed E-state index contributed by atoms with van der Waals surface area (Å²) in [6.45, 7) is 10.7. The third kappa shape index (κ3) is 10.0. The van der Waals surface area contributed by atoms with E-state index in [0.29, 0.717) is 51.2 Å². The van der Waals surface area contributed by atoms with E-state index in [1.807, 2.05) is 104 Å². The van der Waals surface area contributed by atoms with Gasteiger partial charge in [-0.05, 0) is 52.5 Å². The van der Waals surface area contributed by atoms with Gasteiger partial charge >= 0.3 is 31.5 Å². The zero-order valence-electron chi connectivity index (χ0n) is 36.7. The van der Waals surface area contributed by atoms with Crippen LogP contribution in [-0.4, -0.2) is 54.9 Å². The van der Waals surface area contributed by atoms with Gasteiger partial charge in [0.15, 0.2) is 0 Å². The lowest BCUT2D eigenvalue weighted by atomic mass is 9.85. The van der Waals surface area contributed by atoms with Crippen LogP contribution in [0, 0.1) is 6.92 Å². The predicted molar refractivity (Wildman–Crippen MR) is 233 cm³/mol. The summed E-state index contributed by atoms with van der Waals surface area (Å²) in [5, 5.41) is 0. The SMILES string of the molecule is CCC/C(=C1/N=C(c2ccc(C)cc2)c2ccccc21)c1c(-c2ccc(C(C)(C)C)cc2)cc(-c2ccc(C(C)(C)C)cc2)n1B(OCC(F)(F)C(F)(F)F)OCC(F)(F)C(F)(F)F. The smallest absolute Gasteiger partial charge is 0.385 e. The van der Waals surface area contributed by atoms with Gasteiger partial charge in [0.05, 0.1) is 11.4 Å². The van der Waals surface area contributed by atoms with E-state index in [2.05, 4.69) is 0 Å². The van der Waals surface area contributed by atoms with Crippen LogP contribution in [0.1, 0.15) is 100 Å². The van der Waals surface area contributed by atoms with Crippen LogP contribution in [0.3, 0.4) is 0 Å². The maximum absolute atomic E-state index is 14.8. The molecule has 340 valence electrons. The second kappa shape index (κ2) is 17.7. The second-order valence-corrected chi connectivity index (χ2v) is 18.1. The summed E-state index contributed by atoms with van der Waals surface area (Å²) in [4.78, 5) is 5.15. The van der Waals surface area contributed by atoms with Crippen LogP contribution in [0.15, 0.2) is 108 Å². The van der Waals surface area contributed by atoms with E-state index in [1.54, 1.807) is 54.6 Å². The van der Waals surface area contributed by atoms with Crippen molar-refractivity contribution in [1.29, 1.82) is 0 Å². The third-order valence-corrected chi connectivity index (χ3v) is 11.1. The maximum Gasteiger partial charge on any atom is 0.598 e. The van der Waals surface area contributed by atoms with Gasteiger partial charge in [0, 0.05) is 39.2 Å². The summed E-state index contributed by atoms with van der Waals surface area (Å²) in [5.41, 5.74) is 6.59. The molecule has 2 heterocycles. The van der Waals surface area contributed by atoms with Gasteiger partial charge in [0.25, 0.3) is 0 Å². The Hall–Kier alpha value is -5.15. The van der Waals surface area contributed by atoms with E-state index in [-0.39, 0.29) is 28.6 Å². The molecule has 0 spiro atoms. The Kier molecular flexibility index (Phi) is 13.3. The Morgan fingerprint density at radius 1 is 0.578 bits per heavy atom. The van der Waals surface area contributed by atoms with Crippen molar-refractivity contribution in [2.45, 2.75) is 103 Å². The van der Waals surface area contributed by atoms with Crippen molar-refractivity contribution in [1.82, 2.24) is 4.48 Å². The first-order valence-electron chi connectivity index (χ1n) is 20.7. The quantitative estimate of drug-likeness (QED) is 0.0872. The second-order valence-electron chi connectivity index (χ2n) is 18.1. The van der Waals surface area contributed by atoms with Crippen LogP contribution in [0.4, 0.5) is 43.9 Å². The maximum atomic E-state index is 14.8. The van der Waals surface area contributed by atoms with E-state index >= 15 is 0 Å². The number of fused-ring (bicyclic) bond motifs is 1. The molecule has 0 saturated heterocycles. The standard InChI is InChI=1S/C49H49BF10N2O2/c1-9-12-38(42-37-14-11-10-13-36(37)41(61-42)33-17-15-30(2)16-18-33)43-39(31-19-23-34(24-20-31)44(3,4)5)27-40(32-21-25-35(26-22-32)45(6,7)8)62(43)50(63-28-46(51,52)48(55,56)57)64-29-47(53,54)49(58,59)60/h10-11,13-27H,9,12,28-29H2,1-8H3/b42-38-. The summed E-state index contributed by atoms with van der Waals surface area (Å²) >= 11 is 0. The number of allylic oxidation sites excluding steroid dienone is 1. The van der Waals surface area contributed by atoms with E-state index in [1.165, 1.54) is 0 Å². The van der Waals surface area contributed by atoms with Crippen LogP contribution in [-0.2, 0) is 20.1 Å². The van der Waals surface area contributed by atoms with Crippen molar-refractivity contribution in [2.24, 2.45) is 4.99 Å². The molecule has 64 heavy (non-hydrogen) atoms. The molecule has 0 amide bonds. The zero-order chi connectivity index (χ0) is 47.2. The molecule has 0 saturated carbocycles. The molecule has 4 aromatic carbocycles.